The molecular weight excluding hydrogens is 142 g/mol. The summed E-state index contributed by atoms with van der Waals surface area (Å²) in [6.07, 6.45) is 1.83. The molecule has 0 aromatic heterocycles. The molecule has 3 nitrogen and oxygen atoms in total. The molecule has 1 amide bonds. The minimum Gasteiger partial charge on any atom is -0.389 e. The fraction of sp³-hybridized carbons (Fsp3) is 0.625. The van der Waals surface area contributed by atoms with Crippen molar-refractivity contribution in [3.05, 3.63) is 12.7 Å². The topological polar surface area (TPSA) is 49.3 Å². The Labute approximate surface area is 67.1 Å². The minimum atomic E-state index is -0.836. The van der Waals surface area contributed by atoms with Gasteiger partial charge in [-0.2, -0.15) is 0 Å². The molecule has 0 aliphatic rings. The summed E-state index contributed by atoms with van der Waals surface area (Å²) in [4.78, 5) is 10.8. The second-order valence-corrected chi connectivity index (χ2v) is 3.08. The molecule has 0 spiro atoms. The zero-order valence-corrected chi connectivity index (χ0v) is 7.05. The number of carbonyl (C=O) groups excluding carboxylic acids is 1. The van der Waals surface area contributed by atoms with E-state index in [0.29, 0.717) is 6.42 Å². The Balaban J connectivity index is 3.54. The highest BCUT2D eigenvalue weighted by Crippen LogP contribution is 1.97. The van der Waals surface area contributed by atoms with Crippen LogP contribution in [0.3, 0.4) is 0 Å². The summed E-state index contributed by atoms with van der Waals surface area (Å²) in [5.74, 6) is -0.109. The first-order chi connectivity index (χ1) is 4.95. The van der Waals surface area contributed by atoms with Gasteiger partial charge >= 0.3 is 0 Å². The molecule has 11 heavy (non-hydrogen) atoms. The van der Waals surface area contributed by atoms with Crippen LogP contribution in [0, 0.1) is 0 Å². The first kappa shape index (κ1) is 10.2. The average Bonchev–Trinajstić information content (AvgIpc) is 1.83. The minimum absolute atomic E-state index is 0.109. The van der Waals surface area contributed by atoms with Crippen molar-refractivity contribution >= 4 is 5.91 Å². The second-order valence-electron chi connectivity index (χ2n) is 3.08. The molecule has 0 aromatic carbocycles. The molecule has 0 fully saturated rings. The molecule has 0 radical (unpaired) electrons. The van der Waals surface area contributed by atoms with Crippen LogP contribution in [0.5, 0.6) is 0 Å². The van der Waals surface area contributed by atoms with Gasteiger partial charge in [-0.1, -0.05) is 6.08 Å². The van der Waals surface area contributed by atoms with Crippen molar-refractivity contribution in [2.24, 2.45) is 0 Å². The summed E-state index contributed by atoms with van der Waals surface area (Å²) in [7, 11) is 0. The summed E-state index contributed by atoms with van der Waals surface area (Å²) >= 11 is 0. The maximum absolute atomic E-state index is 10.8. The lowest BCUT2D eigenvalue weighted by molar-refractivity contribution is -0.121. The molecule has 0 atom stereocenters. The third-order valence-electron chi connectivity index (χ3n) is 1.05. The van der Waals surface area contributed by atoms with Crippen molar-refractivity contribution < 1.29 is 9.90 Å². The lowest BCUT2D eigenvalue weighted by atomic mass is 10.1. The highest BCUT2D eigenvalue weighted by Gasteiger charge is 2.12. The molecule has 2 N–H and O–H groups in total. The van der Waals surface area contributed by atoms with E-state index in [2.05, 4.69) is 11.9 Å². The molecule has 0 saturated carbocycles. The first-order valence-corrected chi connectivity index (χ1v) is 3.55. The van der Waals surface area contributed by atoms with Gasteiger partial charge in [0.05, 0.1) is 5.60 Å². The summed E-state index contributed by atoms with van der Waals surface area (Å²) in [5.41, 5.74) is -0.836. The summed E-state index contributed by atoms with van der Waals surface area (Å²) in [5, 5.41) is 11.8. The molecule has 64 valence electrons. The van der Waals surface area contributed by atoms with Crippen molar-refractivity contribution in [1.29, 1.82) is 0 Å². The van der Waals surface area contributed by atoms with Crippen molar-refractivity contribution in [3.8, 4) is 0 Å². The van der Waals surface area contributed by atoms with Gasteiger partial charge in [0.1, 0.15) is 0 Å². The standard InChI is InChI=1S/C8H15NO2/c1-4-5-7(10)9-6-8(2,3)11/h4,11H,1,5-6H2,2-3H3,(H,9,10). The predicted molar refractivity (Wildman–Crippen MR) is 44.1 cm³/mol. The third-order valence-corrected chi connectivity index (χ3v) is 1.05. The smallest absolute Gasteiger partial charge is 0.223 e. The number of nitrogens with one attached hydrogen (secondary N) is 1. The predicted octanol–water partition coefficient (Wildman–Crippen LogP) is 0.450. The fourth-order valence-corrected chi connectivity index (χ4v) is 0.518. The van der Waals surface area contributed by atoms with Gasteiger partial charge in [0, 0.05) is 13.0 Å². The van der Waals surface area contributed by atoms with E-state index >= 15 is 0 Å². The molecule has 0 saturated heterocycles. The Bertz CT molecular complexity index is 147. The van der Waals surface area contributed by atoms with Gasteiger partial charge in [0.25, 0.3) is 0 Å². The van der Waals surface area contributed by atoms with Crippen molar-refractivity contribution in [2.45, 2.75) is 25.9 Å². The van der Waals surface area contributed by atoms with E-state index in [1.807, 2.05) is 0 Å². The van der Waals surface area contributed by atoms with Crippen LogP contribution in [0.4, 0.5) is 0 Å². The molecule has 0 unspecified atom stereocenters. The molecular formula is C8H15NO2. The van der Waals surface area contributed by atoms with Crippen LogP contribution in [0.1, 0.15) is 20.3 Å². The second kappa shape index (κ2) is 4.13. The number of amides is 1. The van der Waals surface area contributed by atoms with Crippen molar-refractivity contribution in [3.63, 3.8) is 0 Å². The highest BCUT2D eigenvalue weighted by atomic mass is 16.3. The molecule has 0 bridgehead atoms. The molecule has 0 heterocycles. The van der Waals surface area contributed by atoms with E-state index in [-0.39, 0.29) is 12.5 Å². The van der Waals surface area contributed by atoms with Gasteiger partial charge in [0.2, 0.25) is 5.91 Å². The van der Waals surface area contributed by atoms with E-state index in [9.17, 15) is 9.90 Å². The Morgan fingerprint density at radius 1 is 1.73 bits per heavy atom. The van der Waals surface area contributed by atoms with Crippen LogP contribution in [-0.2, 0) is 4.79 Å². The number of carbonyl (C=O) groups is 1. The number of aliphatic hydroxyl groups is 1. The summed E-state index contributed by atoms with van der Waals surface area (Å²) in [6.45, 7) is 6.98. The monoisotopic (exact) mass is 157 g/mol. The Morgan fingerprint density at radius 2 is 2.27 bits per heavy atom. The van der Waals surface area contributed by atoms with E-state index in [4.69, 9.17) is 0 Å². The third kappa shape index (κ3) is 7.06. The maximum atomic E-state index is 10.8. The fourth-order valence-electron chi connectivity index (χ4n) is 0.518. The van der Waals surface area contributed by atoms with Crippen LogP contribution in [0.15, 0.2) is 12.7 Å². The van der Waals surface area contributed by atoms with E-state index in [0.717, 1.165) is 0 Å². The van der Waals surface area contributed by atoms with Crippen LogP contribution >= 0.6 is 0 Å². The normalized spacial score (nSPS) is 10.8. The van der Waals surface area contributed by atoms with Crippen LogP contribution in [-0.4, -0.2) is 23.2 Å². The van der Waals surface area contributed by atoms with Gasteiger partial charge in [-0.05, 0) is 13.8 Å². The molecule has 0 aliphatic carbocycles. The van der Waals surface area contributed by atoms with Gasteiger partial charge in [-0.25, -0.2) is 0 Å². The van der Waals surface area contributed by atoms with E-state index < -0.39 is 5.60 Å². The Morgan fingerprint density at radius 3 is 2.64 bits per heavy atom. The number of rotatable bonds is 4. The molecule has 0 aliphatic heterocycles. The van der Waals surface area contributed by atoms with E-state index in [1.54, 1.807) is 13.8 Å². The largest absolute Gasteiger partial charge is 0.389 e. The quantitative estimate of drug-likeness (QED) is 0.582. The molecule has 0 aromatic rings. The van der Waals surface area contributed by atoms with Crippen LogP contribution in [0.2, 0.25) is 0 Å². The van der Waals surface area contributed by atoms with Crippen molar-refractivity contribution in [2.75, 3.05) is 6.54 Å². The zero-order valence-electron chi connectivity index (χ0n) is 7.05. The van der Waals surface area contributed by atoms with Gasteiger partial charge in [-0.15, -0.1) is 6.58 Å². The SMILES string of the molecule is C=CCC(=O)NCC(C)(C)O. The molecule has 3 heteroatoms. The van der Waals surface area contributed by atoms with Crippen molar-refractivity contribution in [1.82, 2.24) is 5.32 Å². The number of hydrogen-bond donors (Lipinski definition) is 2. The zero-order chi connectivity index (χ0) is 8.91. The molecule has 0 rings (SSSR count). The lowest BCUT2D eigenvalue weighted by Gasteiger charge is -2.16. The van der Waals surface area contributed by atoms with Gasteiger partial charge in [-0.3, -0.25) is 4.79 Å². The number of hydrogen-bond acceptors (Lipinski definition) is 2. The van der Waals surface area contributed by atoms with Crippen LogP contribution in [0.25, 0.3) is 0 Å². The Hall–Kier alpha value is -0.830. The lowest BCUT2D eigenvalue weighted by Crippen LogP contribution is -2.37. The van der Waals surface area contributed by atoms with E-state index in [1.165, 1.54) is 6.08 Å². The maximum Gasteiger partial charge on any atom is 0.223 e. The van der Waals surface area contributed by atoms with Gasteiger partial charge in [0.15, 0.2) is 0 Å². The summed E-state index contributed by atoms with van der Waals surface area (Å²) in [6, 6.07) is 0. The van der Waals surface area contributed by atoms with Crippen LogP contribution < -0.4 is 5.32 Å². The Kier molecular flexibility index (Phi) is 3.82. The average molecular weight is 157 g/mol. The summed E-state index contributed by atoms with van der Waals surface area (Å²) < 4.78 is 0. The van der Waals surface area contributed by atoms with Gasteiger partial charge < -0.3 is 10.4 Å². The first-order valence-electron chi connectivity index (χ1n) is 3.55. The highest BCUT2D eigenvalue weighted by molar-refractivity contribution is 5.77.